The molecule has 0 aliphatic carbocycles. The monoisotopic (exact) mass is 287 g/mol. The number of carbonyl (C=O) groups is 1. The van der Waals surface area contributed by atoms with Crippen molar-refractivity contribution < 1.29 is 9.21 Å². The molecule has 1 atom stereocenters. The van der Waals surface area contributed by atoms with Crippen LogP contribution in [0.4, 0.5) is 0 Å². The fraction of sp³-hybridized carbons (Fsp3) is 0.500. The van der Waals surface area contributed by atoms with Crippen molar-refractivity contribution in [2.24, 2.45) is 0 Å². The van der Waals surface area contributed by atoms with Crippen molar-refractivity contribution in [1.82, 2.24) is 15.1 Å². The van der Waals surface area contributed by atoms with Gasteiger partial charge < -0.3 is 9.32 Å². The zero-order valence-electron chi connectivity index (χ0n) is 12.8. The van der Waals surface area contributed by atoms with E-state index >= 15 is 0 Å². The molecule has 0 spiro atoms. The largest absolute Gasteiger partial charge is 0.466 e. The molecule has 1 amide bonds. The van der Waals surface area contributed by atoms with Gasteiger partial charge in [0.25, 0.3) is 5.91 Å². The quantitative estimate of drug-likeness (QED) is 0.923. The Labute approximate surface area is 124 Å². The highest BCUT2D eigenvalue weighted by Crippen LogP contribution is 2.27. The number of aromatic amines is 1. The second kappa shape index (κ2) is 5.39. The van der Waals surface area contributed by atoms with Gasteiger partial charge in [-0.2, -0.15) is 5.10 Å². The Morgan fingerprint density at radius 2 is 2.19 bits per heavy atom. The fourth-order valence-corrected chi connectivity index (χ4v) is 3.06. The van der Waals surface area contributed by atoms with E-state index < -0.39 is 0 Å². The van der Waals surface area contributed by atoms with Gasteiger partial charge >= 0.3 is 0 Å². The van der Waals surface area contributed by atoms with Crippen LogP contribution in [0.3, 0.4) is 0 Å². The summed E-state index contributed by atoms with van der Waals surface area (Å²) >= 11 is 0. The van der Waals surface area contributed by atoms with Gasteiger partial charge in [0.05, 0.1) is 11.3 Å². The molecule has 0 aromatic carbocycles. The van der Waals surface area contributed by atoms with E-state index in [4.69, 9.17) is 4.42 Å². The van der Waals surface area contributed by atoms with Crippen molar-refractivity contribution in [2.75, 3.05) is 13.1 Å². The van der Waals surface area contributed by atoms with Gasteiger partial charge in [-0.25, -0.2) is 0 Å². The lowest BCUT2D eigenvalue weighted by Gasteiger charge is -2.31. The lowest BCUT2D eigenvalue weighted by molar-refractivity contribution is 0.0704. The number of aryl methyl sites for hydroxylation is 3. The number of nitrogens with one attached hydrogen (secondary N) is 1. The van der Waals surface area contributed by atoms with Gasteiger partial charge in [0, 0.05) is 24.7 Å². The number of H-pyrrole nitrogens is 1. The number of hydrogen-bond donors (Lipinski definition) is 1. The van der Waals surface area contributed by atoms with E-state index in [1.165, 1.54) is 0 Å². The van der Waals surface area contributed by atoms with Crippen molar-refractivity contribution in [3.05, 3.63) is 40.6 Å². The number of piperidine rings is 1. The van der Waals surface area contributed by atoms with Gasteiger partial charge in [0.15, 0.2) is 0 Å². The normalized spacial score (nSPS) is 19.0. The maximum Gasteiger partial charge on any atom is 0.257 e. The Hall–Kier alpha value is -2.04. The van der Waals surface area contributed by atoms with E-state index in [0.717, 1.165) is 43.1 Å². The number of carbonyl (C=O) groups excluding carboxylic acids is 1. The molecule has 1 saturated heterocycles. The summed E-state index contributed by atoms with van der Waals surface area (Å²) in [6.45, 7) is 7.25. The second-order valence-corrected chi connectivity index (χ2v) is 5.89. The van der Waals surface area contributed by atoms with Crippen LogP contribution in [0.5, 0.6) is 0 Å². The summed E-state index contributed by atoms with van der Waals surface area (Å²) in [5, 5.41) is 7.33. The van der Waals surface area contributed by atoms with Gasteiger partial charge in [-0.05, 0) is 45.7 Å². The summed E-state index contributed by atoms with van der Waals surface area (Å²) in [5.74, 6) is 1.88. The number of likely N-dealkylation sites (tertiary alicyclic amines) is 1. The van der Waals surface area contributed by atoms with Crippen molar-refractivity contribution in [1.29, 1.82) is 0 Å². The average Bonchev–Trinajstić information content (AvgIpc) is 3.04. The highest BCUT2D eigenvalue weighted by Gasteiger charge is 2.28. The molecule has 0 bridgehead atoms. The van der Waals surface area contributed by atoms with Crippen molar-refractivity contribution >= 4 is 5.91 Å². The van der Waals surface area contributed by atoms with Crippen LogP contribution in [0.15, 0.2) is 16.5 Å². The minimum Gasteiger partial charge on any atom is -0.466 e. The maximum atomic E-state index is 12.7. The third-order valence-corrected chi connectivity index (χ3v) is 4.12. The first-order chi connectivity index (χ1) is 10.0. The molecule has 3 heterocycles. The first-order valence-corrected chi connectivity index (χ1v) is 7.43. The second-order valence-electron chi connectivity index (χ2n) is 5.89. The highest BCUT2D eigenvalue weighted by atomic mass is 16.3. The van der Waals surface area contributed by atoms with E-state index in [2.05, 4.69) is 16.3 Å². The van der Waals surface area contributed by atoms with Crippen LogP contribution in [0.1, 0.15) is 52.0 Å². The van der Waals surface area contributed by atoms with Crippen LogP contribution in [-0.4, -0.2) is 34.1 Å². The summed E-state index contributed by atoms with van der Waals surface area (Å²) in [4.78, 5) is 14.6. The van der Waals surface area contributed by atoms with E-state index in [1.54, 1.807) is 0 Å². The fourth-order valence-electron chi connectivity index (χ4n) is 3.06. The van der Waals surface area contributed by atoms with Gasteiger partial charge in [-0.3, -0.25) is 9.89 Å². The Bertz CT molecular complexity index is 656. The molecular formula is C16H21N3O2. The first-order valence-electron chi connectivity index (χ1n) is 7.43. The molecule has 112 valence electrons. The molecule has 5 heteroatoms. The van der Waals surface area contributed by atoms with Gasteiger partial charge in [0.2, 0.25) is 0 Å². The number of hydrogen-bond acceptors (Lipinski definition) is 3. The smallest absolute Gasteiger partial charge is 0.257 e. The Balaban J connectivity index is 1.77. The summed E-state index contributed by atoms with van der Waals surface area (Å²) in [7, 11) is 0. The third-order valence-electron chi connectivity index (χ3n) is 4.12. The molecule has 5 nitrogen and oxygen atoms in total. The minimum atomic E-state index is 0.0707. The number of nitrogens with zero attached hydrogens (tertiary/aromatic N) is 2. The van der Waals surface area contributed by atoms with Crippen molar-refractivity contribution in [3.63, 3.8) is 0 Å². The number of amides is 1. The van der Waals surface area contributed by atoms with Crippen molar-refractivity contribution in [2.45, 2.75) is 39.5 Å². The lowest BCUT2D eigenvalue weighted by atomic mass is 9.94. The topological polar surface area (TPSA) is 62.1 Å². The van der Waals surface area contributed by atoms with Crippen LogP contribution >= 0.6 is 0 Å². The summed E-state index contributed by atoms with van der Waals surface area (Å²) in [6.07, 6.45) is 2.09. The molecule has 1 aliphatic rings. The minimum absolute atomic E-state index is 0.0707. The number of furan rings is 1. The van der Waals surface area contributed by atoms with Crippen molar-refractivity contribution in [3.8, 4) is 0 Å². The Kier molecular flexibility index (Phi) is 3.57. The zero-order valence-corrected chi connectivity index (χ0v) is 12.8. The summed E-state index contributed by atoms with van der Waals surface area (Å²) < 4.78 is 5.48. The molecule has 2 aromatic heterocycles. The van der Waals surface area contributed by atoms with Gasteiger partial charge in [0.1, 0.15) is 11.5 Å². The van der Waals surface area contributed by atoms with Crippen LogP contribution in [0.25, 0.3) is 0 Å². The Morgan fingerprint density at radius 1 is 1.38 bits per heavy atom. The standard InChI is InChI=1S/C16H21N3O2/c1-10-7-15(18-17-10)13-5-4-6-19(9-13)16(20)14-8-11(2)21-12(14)3/h7-8,13H,4-6,9H2,1-3H3,(H,17,18). The molecular weight excluding hydrogens is 266 g/mol. The molecule has 0 radical (unpaired) electrons. The molecule has 1 fully saturated rings. The van der Waals surface area contributed by atoms with Crippen LogP contribution in [-0.2, 0) is 0 Å². The molecule has 1 unspecified atom stereocenters. The molecule has 1 N–H and O–H groups in total. The first kappa shape index (κ1) is 13.9. The molecule has 0 saturated carbocycles. The molecule has 2 aromatic rings. The van der Waals surface area contributed by atoms with E-state index in [0.29, 0.717) is 17.2 Å². The summed E-state index contributed by atoms with van der Waals surface area (Å²) in [6, 6.07) is 3.91. The van der Waals surface area contributed by atoms with Crippen LogP contribution in [0, 0.1) is 20.8 Å². The van der Waals surface area contributed by atoms with Gasteiger partial charge in [-0.15, -0.1) is 0 Å². The van der Waals surface area contributed by atoms with E-state index in [1.807, 2.05) is 31.7 Å². The molecule has 21 heavy (non-hydrogen) atoms. The predicted octanol–water partition coefficient (Wildman–Crippen LogP) is 2.95. The highest BCUT2D eigenvalue weighted by molar-refractivity contribution is 5.95. The zero-order chi connectivity index (χ0) is 15.0. The SMILES string of the molecule is Cc1cc(C2CCCN(C(=O)c3cc(C)oc3C)C2)n[nH]1. The lowest BCUT2D eigenvalue weighted by Crippen LogP contribution is -2.39. The summed E-state index contributed by atoms with van der Waals surface area (Å²) in [5.41, 5.74) is 2.81. The number of rotatable bonds is 2. The predicted molar refractivity (Wildman–Crippen MR) is 79.4 cm³/mol. The maximum absolute atomic E-state index is 12.7. The Morgan fingerprint density at radius 3 is 2.81 bits per heavy atom. The third kappa shape index (κ3) is 2.73. The van der Waals surface area contributed by atoms with Gasteiger partial charge in [-0.1, -0.05) is 0 Å². The molecule has 1 aliphatic heterocycles. The average molecular weight is 287 g/mol. The van der Waals surface area contributed by atoms with E-state index in [-0.39, 0.29) is 5.91 Å². The number of aromatic nitrogens is 2. The molecule has 3 rings (SSSR count). The van der Waals surface area contributed by atoms with E-state index in [9.17, 15) is 4.79 Å². The van der Waals surface area contributed by atoms with Crippen LogP contribution in [0.2, 0.25) is 0 Å². The van der Waals surface area contributed by atoms with Crippen LogP contribution < -0.4 is 0 Å².